The van der Waals surface area contributed by atoms with Crippen molar-refractivity contribution in [1.82, 2.24) is 5.32 Å². The van der Waals surface area contributed by atoms with Crippen LogP contribution >= 0.6 is 0 Å². The quantitative estimate of drug-likeness (QED) is 0.849. The van der Waals surface area contributed by atoms with Gasteiger partial charge < -0.3 is 10.1 Å². The summed E-state index contributed by atoms with van der Waals surface area (Å²) in [6.07, 6.45) is 0. The van der Waals surface area contributed by atoms with E-state index in [2.05, 4.69) is 63.3 Å². The summed E-state index contributed by atoms with van der Waals surface area (Å²) in [5.74, 6) is 0.922. The van der Waals surface area contributed by atoms with Crippen LogP contribution in [0.2, 0.25) is 0 Å². The van der Waals surface area contributed by atoms with Gasteiger partial charge in [0, 0.05) is 12.6 Å². The van der Waals surface area contributed by atoms with Crippen LogP contribution in [-0.2, 0) is 13.2 Å². The van der Waals surface area contributed by atoms with Crippen LogP contribution in [0, 0.1) is 13.8 Å². The van der Waals surface area contributed by atoms with Crippen molar-refractivity contribution in [2.45, 2.75) is 46.9 Å². The molecule has 1 N–H and O–H groups in total. The maximum atomic E-state index is 5.91. The van der Waals surface area contributed by atoms with E-state index in [1.807, 2.05) is 12.1 Å². The predicted octanol–water partition coefficient (Wildman–Crippen LogP) is 4.38. The fraction of sp³-hybridized carbons (Fsp3) is 0.368. The van der Waals surface area contributed by atoms with Crippen molar-refractivity contribution in [3.05, 3.63) is 64.7 Å². The SMILES string of the molecule is Cc1cccc(C)c1COc1ccc(CNC(C)C)cc1. The average molecular weight is 283 g/mol. The van der Waals surface area contributed by atoms with Gasteiger partial charge in [0.15, 0.2) is 0 Å². The lowest BCUT2D eigenvalue weighted by atomic mass is 10.0. The molecule has 0 fully saturated rings. The molecule has 2 aromatic rings. The van der Waals surface area contributed by atoms with E-state index in [0.29, 0.717) is 12.6 Å². The zero-order chi connectivity index (χ0) is 15.2. The minimum atomic E-state index is 0.505. The summed E-state index contributed by atoms with van der Waals surface area (Å²) in [5, 5.41) is 3.41. The summed E-state index contributed by atoms with van der Waals surface area (Å²) in [6, 6.07) is 15.2. The molecule has 2 heteroatoms. The predicted molar refractivity (Wildman–Crippen MR) is 88.7 cm³/mol. The first-order valence-corrected chi connectivity index (χ1v) is 7.56. The number of benzene rings is 2. The molecule has 21 heavy (non-hydrogen) atoms. The molecule has 2 nitrogen and oxygen atoms in total. The Morgan fingerprint density at radius 3 is 2.14 bits per heavy atom. The molecule has 0 aliphatic carbocycles. The summed E-state index contributed by atoms with van der Waals surface area (Å²) in [7, 11) is 0. The van der Waals surface area contributed by atoms with Gasteiger partial charge in [-0.25, -0.2) is 0 Å². The highest BCUT2D eigenvalue weighted by Crippen LogP contribution is 2.18. The topological polar surface area (TPSA) is 21.3 Å². The molecule has 0 heterocycles. The first-order valence-electron chi connectivity index (χ1n) is 7.56. The van der Waals surface area contributed by atoms with Crippen LogP contribution in [0.3, 0.4) is 0 Å². The second kappa shape index (κ2) is 7.28. The highest BCUT2D eigenvalue weighted by molar-refractivity contribution is 5.34. The van der Waals surface area contributed by atoms with Crippen molar-refractivity contribution in [2.75, 3.05) is 0 Å². The largest absolute Gasteiger partial charge is 0.489 e. The van der Waals surface area contributed by atoms with E-state index < -0.39 is 0 Å². The van der Waals surface area contributed by atoms with Crippen molar-refractivity contribution in [2.24, 2.45) is 0 Å². The first-order chi connectivity index (χ1) is 10.1. The number of rotatable bonds is 6. The Labute approximate surface area is 128 Å². The van der Waals surface area contributed by atoms with Crippen LogP contribution in [0.5, 0.6) is 5.75 Å². The molecule has 0 radical (unpaired) electrons. The van der Waals surface area contributed by atoms with E-state index in [4.69, 9.17) is 4.74 Å². The number of aryl methyl sites for hydroxylation is 2. The minimum absolute atomic E-state index is 0.505. The van der Waals surface area contributed by atoms with Crippen molar-refractivity contribution in [3.63, 3.8) is 0 Å². The lowest BCUT2D eigenvalue weighted by molar-refractivity contribution is 0.304. The van der Waals surface area contributed by atoms with E-state index in [-0.39, 0.29) is 0 Å². The van der Waals surface area contributed by atoms with E-state index in [9.17, 15) is 0 Å². The fourth-order valence-electron chi connectivity index (χ4n) is 2.26. The van der Waals surface area contributed by atoms with Crippen molar-refractivity contribution < 1.29 is 4.74 Å². The van der Waals surface area contributed by atoms with Crippen LogP contribution in [0.1, 0.15) is 36.1 Å². The molecule has 0 aliphatic rings. The third kappa shape index (κ3) is 4.61. The number of nitrogens with one attached hydrogen (secondary N) is 1. The summed E-state index contributed by atoms with van der Waals surface area (Å²) >= 11 is 0. The normalized spacial score (nSPS) is 10.9. The molecule has 0 saturated carbocycles. The molecule has 0 atom stereocenters. The molecule has 0 saturated heterocycles. The standard InChI is InChI=1S/C19H25NO/c1-14(2)20-12-17-8-10-18(11-9-17)21-13-19-15(3)6-5-7-16(19)4/h5-11,14,20H,12-13H2,1-4H3. The van der Waals surface area contributed by atoms with E-state index in [1.54, 1.807) is 0 Å². The van der Waals surface area contributed by atoms with Crippen molar-refractivity contribution in [3.8, 4) is 5.75 Å². The molecule has 2 rings (SSSR count). The van der Waals surface area contributed by atoms with Gasteiger partial charge in [0.25, 0.3) is 0 Å². The molecule has 112 valence electrons. The number of hydrogen-bond acceptors (Lipinski definition) is 2. The second-order valence-corrected chi connectivity index (χ2v) is 5.84. The molecular weight excluding hydrogens is 258 g/mol. The van der Waals surface area contributed by atoms with E-state index in [1.165, 1.54) is 22.3 Å². The molecular formula is C19H25NO. The third-order valence-corrected chi connectivity index (χ3v) is 3.67. The maximum absolute atomic E-state index is 5.91. The highest BCUT2D eigenvalue weighted by Gasteiger charge is 2.03. The molecule has 0 bridgehead atoms. The Bertz CT molecular complexity index is 552. The van der Waals surface area contributed by atoms with Crippen LogP contribution in [0.4, 0.5) is 0 Å². The number of ether oxygens (including phenoxy) is 1. The third-order valence-electron chi connectivity index (χ3n) is 3.67. The Morgan fingerprint density at radius 2 is 1.57 bits per heavy atom. The fourth-order valence-corrected chi connectivity index (χ4v) is 2.26. The van der Waals surface area contributed by atoms with Crippen molar-refractivity contribution >= 4 is 0 Å². The molecule has 0 aliphatic heterocycles. The van der Waals surface area contributed by atoms with E-state index >= 15 is 0 Å². The Hall–Kier alpha value is -1.80. The Kier molecular flexibility index (Phi) is 5.40. The van der Waals surface area contributed by atoms with Gasteiger partial charge in [0.1, 0.15) is 12.4 Å². The first kappa shape index (κ1) is 15.6. The minimum Gasteiger partial charge on any atom is -0.489 e. The molecule has 0 unspecified atom stereocenters. The Morgan fingerprint density at radius 1 is 0.952 bits per heavy atom. The smallest absolute Gasteiger partial charge is 0.119 e. The van der Waals surface area contributed by atoms with Crippen LogP contribution < -0.4 is 10.1 Å². The monoisotopic (exact) mass is 283 g/mol. The molecule has 0 aromatic heterocycles. The Balaban J connectivity index is 1.95. The molecule has 0 spiro atoms. The van der Waals surface area contributed by atoms with Gasteiger partial charge in [0.05, 0.1) is 0 Å². The molecule has 2 aromatic carbocycles. The lowest BCUT2D eigenvalue weighted by Crippen LogP contribution is -2.21. The van der Waals surface area contributed by atoms with Crippen LogP contribution in [0.25, 0.3) is 0 Å². The summed E-state index contributed by atoms with van der Waals surface area (Å²) in [4.78, 5) is 0. The lowest BCUT2D eigenvalue weighted by Gasteiger charge is -2.12. The van der Waals surface area contributed by atoms with Crippen LogP contribution in [-0.4, -0.2) is 6.04 Å². The number of hydrogen-bond donors (Lipinski definition) is 1. The maximum Gasteiger partial charge on any atom is 0.119 e. The highest BCUT2D eigenvalue weighted by atomic mass is 16.5. The zero-order valence-electron chi connectivity index (χ0n) is 13.4. The summed E-state index contributed by atoms with van der Waals surface area (Å²) in [6.45, 7) is 10.1. The van der Waals surface area contributed by atoms with Crippen LogP contribution in [0.15, 0.2) is 42.5 Å². The van der Waals surface area contributed by atoms with E-state index in [0.717, 1.165) is 12.3 Å². The zero-order valence-corrected chi connectivity index (χ0v) is 13.4. The van der Waals surface area contributed by atoms with Gasteiger partial charge in [-0.2, -0.15) is 0 Å². The summed E-state index contributed by atoms with van der Waals surface area (Å²) < 4.78 is 5.91. The van der Waals surface area contributed by atoms with Crippen molar-refractivity contribution in [1.29, 1.82) is 0 Å². The van der Waals surface area contributed by atoms with Gasteiger partial charge >= 0.3 is 0 Å². The van der Waals surface area contributed by atoms with Gasteiger partial charge in [-0.1, -0.05) is 44.2 Å². The second-order valence-electron chi connectivity index (χ2n) is 5.84. The molecule has 0 amide bonds. The van der Waals surface area contributed by atoms with Gasteiger partial charge in [-0.15, -0.1) is 0 Å². The van der Waals surface area contributed by atoms with Gasteiger partial charge in [-0.05, 0) is 48.2 Å². The average Bonchev–Trinajstić information content (AvgIpc) is 2.46. The van der Waals surface area contributed by atoms with Gasteiger partial charge in [0.2, 0.25) is 0 Å². The summed E-state index contributed by atoms with van der Waals surface area (Å²) in [5.41, 5.74) is 5.13. The van der Waals surface area contributed by atoms with Gasteiger partial charge in [-0.3, -0.25) is 0 Å².